The summed E-state index contributed by atoms with van der Waals surface area (Å²) < 4.78 is 37.8. The molecule has 1 aromatic rings. The van der Waals surface area contributed by atoms with Crippen molar-refractivity contribution in [3.63, 3.8) is 0 Å². The van der Waals surface area contributed by atoms with E-state index in [-0.39, 0.29) is 5.56 Å². The lowest BCUT2D eigenvalue weighted by molar-refractivity contribution is -0.180. The van der Waals surface area contributed by atoms with Crippen LogP contribution < -0.4 is 5.73 Å². The molecule has 0 heterocycles. The summed E-state index contributed by atoms with van der Waals surface area (Å²) in [6, 6.07) is 5.76. The van der Waals surface area contributed by atoms with E-state index < -0.39 is 11.6 Å². The fourth-order valence-corrected chi connectivity index (χ4v) is 1.06. The predicted molar refractivity (Wildman–Crippen MR) is 49.9 cm³/mol. The van der Waals surface area contributed by atoms with E-state index >= 15 is 0 Å². The molecule has 0 aliphatic carbocycles. The van der Waals surface area contributed by atoms with Gasteiger partial charge in [0, 0.05) is 5.69 Å². The molecule has 4 heteroatoms. The van der Waals surface area contributed by atoms with Crippen LogP contribution in [0.2, 0.25) is 0 Å². The highest BCUT2D eigenvalue weighted by Crippen LogP contribution is 2.40. The third-order valence-corrected chi connectivity index (χ3v) is 2.34. The molecule has 0 spiro atoms. The number of hydrogen-bond donors (Lipinski definition) is 1. The third kappa shape index (κ3) is 1.84. The summed E-state index contributed by atoms with van der Waals surface area (Å²) in [5.41, 5.74) is 4.25. The van der Waals surface area contributed by atoms with Gasteiger partial charge in [-0.1, -0.05) is 12.1 Å². The summed E-state index contributed by atoms with van der Waals surface area (Å²) in [5.74, 6) is 0. The zero-order chi connectivity index (χ0) is 11.0. The maximum Gasteiger partial charge on any atom is 0.397 e. The first kappa shape index (κ1) is 10.9. The first-order chi connectivity index (χ1) is 6.25. The predicted octanol–water partition coefficient (Wildman–Crippen LogP) is 3.11. The Morgan fingerprint density at radius 3 is 1.79 bits per heavy atom. The van der Waals surface area contributed by atoms with Crippen LogP contribution in [0.3, 0.4) is 0 Å². The molecule has 0 saturated carbocycles. The molecule has 0 saturated heterocycles. The minimum atomic E-state index is -4.25. The molecular formula is C10H12F3N. The highest BCUT2D eigenvalue weighted by atomic mass is 19.4. The number of halogens is 3. The molecule has 78 valence electrons. The van der Waals surface area contributed by atoms with Crippen LogP contribution in [0.4, 0.5) is 18.9 Å². The Labute approximate surface area is 80.7 Å². The maximum absolute atomic E-state index is 12.6. The van der Waals surface area contributed by atoms with Crippen LogP contribution >= 0.6 is 0 Å². The van der Waals surface area contributed by atoms with Gasteiger partial charge in [-0.25, -0.2) is 0 Å². The van der Waals surface area contributed by atoms with E-state index in [0.717, 1.165) is 13.8 Å². The van der Waals surface area contributed by atoms with Crippen LogP contribution in [0.25, 0.3) is 0 Å². The van der Waals surface area contributed by atoms with Crippen LogP contribution in [0, 0.1) is 0 Å². The third-order valence-electron chi connectivity index (χ3n) is 2.34. The molecule has 0 aliphatic heterocycles. The first-order valence-electron chi connectivity index (χ1n) is 4.18. The van der Waals surface area contributed by atoms with Gasteiger partial charge in [-0.15, -0.1) is 0 Å². The average Bonchev–Trinajstić information content (AvgIpc) is 2.03. The molecule has 0 aromatic heterocycles. The second-order valence-corrected chi connectivity index (χ2v) is 3.74. The minimum absolute atomic E-state index is 0.221. The van der Waals surface area contributed by atoms with Crippen LogP contribution in [-0.4, -0.2) is 6.18 Å². The zero-order valence-corrected chi connectivity index (χ0v) is 8.02. The van der Waals surface area contributed by atoms with Crippen molar-refractivity contribution in [1.29, 1.82) is 0 Å². The molecule has 0 fully saturated rings. The lowest BCUT2D eigenvalue weighted by Gasteiger charge is -2.28. The molecule has 0 radical (unpaired) electrons. The maximum atomic E-state index is 12.6. The van der Waals surface area contributed by atoms with Gasteiger partial charge in [-0.05, 0) is 31.5 Å². The van der Waals surface area contributed by atoms with Gasteiger partial charge in [0.15, 0.2) is 0 Å². The smallest absolute Gasteiger partial charge is 0.397 e. The summed E-state index contributed by atoms with van der Waals surface area (Å²) >= 11 is 0. The van der Waals surface area contributed by atoms with Crippen molar-refractivity contribution in [1.82, 2.24) is 0 Å². The van der Waals surface area contributed by atoms with E-state index in [1.807, 2.05) is 0 Å². The zero-order valence-electron chi connectivity index (χ0n) is 8.02. The van der Waals surface area contributed by atoms with Crippen molar-refractivity contribution >= 4 is 5.69 Å². The van der Waals surface area contributed by atoms with Gasteiger partial charge >= 0.3 is 6.18 Å². The van der Waals surface area contributed by atoms with E-state index in [0.29, 0.717) is 5.69 Å². The van der Waals surface area contributed by atoms with Crippen molar-refractivity contribution in [2.24, 2.45) is 0 Å². The Hall–Kier alpha value is -1.19. The summed E-state index contributed by atoms with van der Waals surface area (Å²) in [6.45, 7) is 2.30. The summed E-state index contributed by atoms with van der Waals surface area (Å²) in [5, 5.41) is 0. The van der Waals surface area contributed by atoms with E-state index in [2.05, 4.69) is 0 Å². The first-order valence-corrected chi connectivity index (χ1v) is 4.18. The number of alkyl halides is 3. The molecule has 0 atom stereocenters. The van der Waals surface area contributed by atoms with Crippen LogP contribution in [0.15, 0.2) is 24.3 Å². The summed E-state index contributed by atoms with van der Waals surface area (Å²) in [6.07, 6.45) is -4.25. The van der Waals surface area contributed by atoms with Crippen LogP contribution in [0.1, 0.15) is 19.4 Å². The Bertz CT molecular complexity index is 311. The molecule has 1 rings (SSSR count). The molecule has 0 aliphatic rings. The standard InChI is InChI=1S/C10H12F3N/c1-9(2,10(11,12)13)7-3-5-8(14)6-4-7/h3-6H,14H2,1-2H3. The number of nitrogen functional groups attached to an aromatic ring is 1. The van der Waals surface area contributed by atoms with Crippen LogP contribution in [0.5, 0.6) is 0 Å². The molecule has 0 amide bonds. The number of rotatable bonds is 1. The highest BCUT2D eigenvalue weighted by molar-refractivity contribution is 5.41. The van der Waals surface area contributed by atoms with Gasteiger partial charge in [-0.3, -0.25) is 0 Å². The quantitative estimate of drug-likeness (QED) is 0.697. The Morgan fingerprint density at radius 1 is 1.00 bits per heavy atom. The summed E-state index contributed by atoms with van der Waals surface area (Å²) in [7, 11) is 0. The van der Waals surface area contributed by atoms with Crippen molar-refractivity contribution < 1.29 is 13.2 Å². The highest BCUT2D eigenvalue weighted by Gasteiger charge is 2.48. The lowest BCUT2D eigenvalue weighted by atomic mass is 9.84. The normalized spacial score (nSPS) is 12.9. The number of hydrogen-bond acceptors (Lipinski definition) is 1. The number of benzene rings is 1. The topological polar surface area (TPSA) is 26.0 Å². The Kier molecular flexibility index (Phi) is 2.48. The molecule has 14 heavy (non-hydrogen) atoms. The monoisotopic (exact) mass is 203 g/mol. The fraction of sp³-hybridized carbons (Fsp3) is 0.400. The van der Waals surface area contributed by atoms with Gasteiger partial charge in [0.25, 0.3) is 0 Å². The molecule has 0 bridgehead atoms. The second-order valence-electron chi connectivity index (χ2n) is 3.74. The van der Waals surface area contributed by atoms with Gasteiger partial charge in [-0.2, -0.15) is 13.2 Å². The molecular weight excluding hydrogens is 191 g/mol. The van der Waals surface area contributed by atoms with Gasteiger partial charge < -0.3 is 5.73 Å². The number of nitrogens with two attached hydrogens (primary N) is 1. The minimum Gasteiger partial charge on any atom is -0.399 e. The van der Waals surface area contributed by atoms with Crippen molar-refractivity contribution in [2.45, 2.75) is 25.4 Å². The van der Waals surface area contributed by atoms with E-state index in [1.54, 1.807) is 0 Å². The van der Waals surface area contributed by atoms with E-state index in [4.69, 9.17) is 5.73 Å². The Morgan fingerprint density at radius 2 is 1.43 bits per heavy atom. The fourth-order valence-electron chi connectivity index (χ4n) is 1.06. The van der Waals surface area contributed by atoms with E-state index in [9.17, 15) is 13.2 Å². The van der Waals surface area contributed by atoms with E-state index in [1.165, 1.54) is 24.3 Å². The van der Waals surface area contributed by atoms with Crippen molar-refractivity contribution in [3.05, 3.63) is 29.8 Å². The molecule has 2 N–H and O–H groups in total. The molecule has 1 aromatic carbocycles. The van der Waals surface area contributed by atoms with Crippen LogP contribution in [-0.2, 0) is 5.41 Å². The molecule has 0 unspecified atom stereocenters. The van der Waals surface area contributed by atoms with Crippen molar-refractivity contribution in [3.8, 4) is 0 Å². The Balaban J connectivity index is 3.10. The SMILES string of the molecule is CC(C)(c1ccc(N)cc1)C(F)(F)F. The summed E-state index contributed by atoms with van der Waals surface area (Å²) in [4.78, 5) is 0. The number of anilines is 1. The largest absolute Gasteiger partial charge is 0.399 e. The van der Waals surface area contributed by atoms with Crippen molar-refractivity contribution in [2.75, 3.05) is 5.73 Å². The van der Waals surface area contributed by atoms with Gasteiger partial charge in [0.05, 0.1) is 5.41 Å². The molecule has 1 nitrogen and oxygen atoms in total. The second kappa shape index (κ2) is 3.19. The van der Waals surface area contributed by atoms with Gasteiger partial charge in [0.2, 0.25) is 0 Å². The van der Waals surface area contributed by atoms with Gasteiger partial charge in [0.1, 0.15) is 0 Å². The lowest BCUT2D eigenvalue weighted by Crippen LogP contribution is -2.36. The average molecular weight is 203 g/mol.